The van der Waals surface area contributed by atoms with Gasteiger partial charge in [0.15, 0.2) is 0 Å². The Morgan fingerprint density at radius 1 is 0.486 bits per heavy atom. The van der Waals surface area contributed by atoms with Crippen LogP contribution in [0.1, 0.15) is 33.6 Å². The number of aromatic amines is 2. The summed E-state index contributed by atoms with van der Waals surface area (Å²) in [6, 6.07) is 34.5. The highest BCUT2D eigenvalue weighted by Gasteiger charge is 2.18. The first-order chi connectivity index (χ1) is 17.1. The minimum atomic E-state index is 0.868. The van der Waals surface area contributed by atoms with Crippen LogP contribution in [0.2, 0.25) is 0 Å². The van der Waals surface area contributed by atoms with Crippen LogP contribution < -0.4 is 0 Å². The lowest BCUT2D eigenvalue weighted by Gasteiger charge is -2.09. The van der Waals surface area contributed by atoms with Gasteiger partial charge in [0.25, 0.3) is 0 Å². The molecule has 0 amide bonds. The molecule has 2 nitrogen and oxygen atoms in total. The predicted octanol–water partition coefficient (Wildman–Crippen LogP) is 8.95. The van der Waals surface area contributed by atoms with Gasteiger partial charge >= 0.3 is 0 Å². The standard InChI is InChI=1S/C31H24Br2N2/c32-22-9-5-7-20(15-22)17-30-26(24-11-1-3-13-28(24)34-30)19-27-25-12-2-4-14-29(25)35-31(27)18-21-8-6-10-23(33)16-21/h1-16,34-35H,17-19H2. The minimum Gasteiger partial charge on any atom is -0.358 e. The summed E-state index contributed by atoms with van der Waals surface area (Å²) in [5.41, 5.74) is 10.3. The second kappa shape index (κ2) is 9.52. The van der Waals surface area contributed by atoms with Gasteiger partial charge < -0.3 is 9.97 Å². The Kier molecular flexibility index (Phi) is 6.09. The van der Waals surface area contributed by atoms with Gasteiger partial charge in [0.1, 0.15) is 0 Å². The first-order valence-electron chi connectivity index (χ1n) is 11.8. The van der Waals surface area contributed by atoms with E-state index in [0.717, 1.165) is 28.2 Å². The van der Waals surface area contributed by atoms with Crippen LogP contribution in [0, 0.1) is 0 Å². The van der Waals surface area contributed by atoms with Crippen molar-refractivity contribution in [3.63, 3.8) is 0 Å². The van der Waals surface area contributed by atoms with E-state index in [-0.39, 0.29) is 0 Å². The SMILES string of the molecule is Brc1cccc(Cc2[nH]c3ccccc3c2Cc2c(Cc3cccc(Br)c3)[nH]c3ccccc23)c1. The van der Waals surface area contributed by atoms with Crippen molar-refractivity contribution in [3.05, 3.63) is 140 Å². The monoisotopic (exact) mass is 582 g/mol. The van der Waals surface area contributed by atoms with E-state index >= 15 is 0 Å². The Bertz CT molecular complexity index is 1530. The number of H-pyrrole nitrogens is 2. The summed E-state index contributed by atoms with van der Waals surface area (Å²) in [7, 11) is 0. The maximum absolute atomic E-state index is 3.74. The molecular weight excluding hydrogens is 560 g/mol. The molecule has 0 unspecified atom stereocenters. The van der Waals surface area contributed by atoms with E-state index in [2.05, 4.69) is 139 Å². The molecule has 2 aromatic heterocycles. The number of nitrogens with one attached hydrogen (secondary N) is 2. The van der Waals surface area contributed by atoms with E-state index in [0.29, 0.717) is 0 Å². The number of para-hydroxylation sites is 2. The third-order valence-electron chi connectivity index (χ3n) is 6.70. The largest absolute Gasteiger partial charge is 0.358 e. The molecule has 2 heterocycles. The quantitative estimate of drug-likeness (QED) is 0.196. The molecule has 4 aromatic carbocycles. The summed E-state index contributed by atoms with van der Waals surface area (Å²) >= 11 is 7.27. The Balaban J connectivity index is 1.47. The van der Waals surface area contributed by atoms with E-state index in [4.69, 9.17) is 0 Å². The van der Waals surface area contributed by atoms with Crippen LogP contribution in [0.5, 0.6) is 0 Å². The minimum absolute atomic E-state index is 0.868. The van der Waals surface area contributed by atoms with Gasteiger partial charge in [-0.25, -0.2) is 0 Å². The first-order valence-corrected chi connectivity index (χ1v) is 13.4. The van der Waals surface area contributed by atoms with Crippen molar-refractivity contribution < 1.29 is 0 Å². The Morgan fingerprint density at radius 3 is 1.40 bits per heavy atom. The lowest BCUT2D eigenvalue weighted by molar-refractivity contribution is 1.03. The third-order valence-corrected chi connectivity index (χ3v) is 7.68. The van der Waals surface area contributed by atoms with Gasteiger partial charge in [0.05, 0.1) is 0 Å². The predicted molar refractivity (Wildman–Crippen MR) is 153 cm³/mol. The first kappa shape index (κ1) is 22.4. The van der Waals surface area contributed by atoms with Crippen molar-refractivity contribution in [3.8, 4) is 0 Å². The zero-order valence-corrected chi connectivity index (χ0v) is 22.3. The molecule has 4 heteroatoms. The van der Waals surface area contributed by atoms with Crippen LogP contribution in [0.15, 0.2) is 106 Å². The zero-order chi connectivity index (χ0) is 23.8. The van der Waals surface area contributed by atoms with Crippen molar-refractivity contribution in [2.24, 2.45) is 0 Å². The van der Waals surface area contributed by atoms with Crippen LogP contribution in [0.25, 0.3) is 21.8 Å². The number of benzene rings is 4. The highest BCUT2D eigenvalue weighted by molar-refractivity contribution is 9.10. The maximum atomic E-state index is 3.74. The topological polar surface area (TPSA) is 31.6 Å². The lowest BCUT2D eigenvalue weighted by atomic mass is 9.95. The second-order valence-corrected chi connectivity index (χ2v) is 10.9. The van der Waals surface area contributed by atoms with Crippen LogP contribution in [-0.2, 0) is 19.3 Å². The Morgan fingerprint density at radius 2 is 0.943 bits per heavy atom. The van der Waals surface area contributed by atoms with Crippen LogP contribution in [0.4, 0.5) is 0 Å². The normalized spacial score (nSPS) is 11.5. The number of halogens is 2. The molecular formula is C31H24Br2N2. The summed E-state index contributed by atoms with van der Waals surface area (Å²) in [5, 5.41) is 2.60. The average Bonchev–Trinajstić information content (AvgIpc) is 3.37. The van der Waals surface area contributed by atoms with Crippen LogP contribution in [0.3, 0.4) is 0 Å². The highest BCUT2D eigenvalue weighted by atomic mass is 79.9. The molecule has 6 rings (SSSR count). The van der Waals surface area contributed by atoms with E-state index in [1.54, 1.807) is 0 Å². The Hall–Kier alpha value is -3.08. The van der Waals surface area contributed by atoms with Gasteiger partial charge in [-0.3, -0.25) is 0 Å². The van der Waals surface area contributed by atoms with Crippen LogP contribution in [-0.4, -0.2) is 9.97 Å². The number of hydrogen-bond acceptors (Lipinski definition) is 0. The molecule has 6 aromatic rings. The number of hydrogen-bond donors (Lipinski definition) is 2. The van der Waals surface area contributed by atoms with Gasteiger partial charge in [-0.15, -0.1) is 0 Å². The van der Waals surface area contributed by atoms with Gasteiger partial charge in [-0.2, -0.15) is 0 Å². The molecule has 0 aliphatic carbocycles. The molecule has 0 atom stereocenters. The second-order valence-electron chi connectivity index (χ2n) is 9.05. The van der Waals surface area contributed by atoms with Crippen molar-refractivity contribution in [1.29, 1.82) is 0 Å². The molecule has 35 heavy (non-hydrogen) atoms. The molecule has 0 spiro atoms. The summed E-state index contributed by atoms with van der Waals surface area (Å²) in [6.45, 7) is 0. The maximum Gasteiger partial charge on any atom is 0.0459 e. The van der Waals surface area contributed by atoms with Crippen LogP contribution >= 0.6 is 31.9 Å². The molecule has 0 aliphatic rings. The fraction of sp³-hybridized carbons (Fsp3) is 0.0968. The zero-order valence-electron chi connectivity index (χ0n) is 19.1. The van der Waals surface area contributed by atoms with Crippen molar-refractivity contribution in [2.75, 3.05) is 0 Å². The fourth-order valence-electron chi connectivity index (χ4n) is 5.10. The molecule has 0 bridgehead atoms. The molecule has 0 radical (unpaired) electrons. The number of fused-ring (bicyclic) bond motifs is 2. The van der Waals surface area contributed by atoms with E-state index in [1.807, 2.05) is 0 Å². The summed E-state index contributed by atoms with van der Waals surface area (Å²) < 4.78 is 2.22. The van der Waals surface area contributed by atoms with E-state index < -0.39 is 0 Å². The average molecular weight is 584 g/mol. The van der Waals surface area contributed by atoms with E-state index in [1.165, 1.54) is 55.4 Å². The molecule has 172 valence electrons. The summed E-state index contributed by atoms with van der Waals surface area (Å²) in [5.74, 6) is 0. The van der Waals surface area contributed by atoms with Crippen molar-refractivity contribution in [1.82, 2.24) is 9.97 Å². The van der Waals surface area contributed by atoms with Crippen molar-refractivity contribution >= 4 is 53.7 Å². The lowest BCUT2D eigenvalue weighted by Crippen LogP contribution is -1.99. The molecule has 0 aliphatic heterocycles. The molecule has 0 saturated heterocycles. The molecule has 0 fully saturated rings. The molecule has 2 N–H and O–H groups in total. The van der Waals surface area contributed by atoms with Gasteiger partial charge in [0.2, 0.25) is 0 Å². The number of rotatable bonds is 6. The smallest absolute Gasteiger partial charge is 0.0459 e. The highest BCUT2D eigenvalue weighted by Crippen LogP contribution is 2.32. The van der Waals surface area contributed by atoms with Gasteiger partial charge in [0, 0.05) is 61.4 Å². The van der Waals surface area contributed by atoms with E-state index in [9.17, 15) is 0 Å². The van der Waals surface area contributed by atoms with Gasteiger partial charge in [-0.1, -0.05) is 92.5 Å². The number of aromatic nitrogens is 2. The third kappa shape index (κ3) is 4.61. The molecule has 0 saturated carbocycles. The van der Waals surface area contributed by atoms with Crippen molar-refractivity contribution in [2.45, 2.75) is 19.3 Å². The summed E-state index contributed by atoms with van der Waals surface area (Å²) in [6.07, 6.45) is 2.61. The van der Waals surface area contributed by atoms with Gasteiger partial charge in [-0.05, 0) is 58.7 Å². The summed E-state index contributed by atoms with van der Waals surface area (Å²) in [4.78, 5) is 7.48. The Labute approximate surface area is 221 Å². The fourth-order valence-corrected chi connectivity index (χ4v) is 5.99.